The topological polar surface area (TPSA) is 107 Å². The lowest BCUT2D eigenvalue weighted by Gasteiger charge is -2.33. The standard InChI is InChI=1S/C15H14F3N5O3/c16-15(17,18)10-3-1-9(2-4-10)12-8-22(5-6-26-12)14-20-7-11(23(24)25)13(19)21-14/h1-4,7,12H,5-6,8H2,(H2,19,20,21). The zero-order valence-corrected chi connectivity index (χ0v) is 13.3. The van der Waals surface area contributed by atoms with Gasteiger partial charge in [0.25, 0.3) is 0 Å². The molecule has 2 heterocycles. The van der Waals surface area contributed by atoms with Gasteiger partial charge in [-0.3, -0.25) is 10.1 Å². The van der Waals surface area contributed by atoms with Crippen molar-refractivity contribution in [3.8, 4) is 0 Å². The summed E-state index contributed by atoms with van der Waals surface area (Å²) in [5, 5.41) is 10.8. The van der Waals surface area contributed by atoms with Crippen molar-refractivity contribution in [3.05, 3.63) is 51.7 Å². The molecule has 0 radical (unpaired) electrons. The number of morpholine rings is 1. The lowest BCUT2D eigenvalue weighted by Crippen LogP contribution is -2.39. The predicted molar refractivity (Wildman–Crippen MR) is 85.4 cm³/mol. The Morgan fingerprint density at radius 3 is 2.58 bits per heavy atom. The number of halogens is 3. The van der Waals surface area contributed by atoms with Crippen LogP contribution in [0.3, 0.4) is 0 Å². The van der Waals surface area contributed by atoms with Crippen molar-refractivity contribution in [3.63, 3.8) is 0 Å². The SMILES string of the molecule is Nc1nc(N2CCOC(c3ccc(C(F)(F)F)cc3)C2)ncc1[N+](=O)[O-]. The molecule has 1 aromatic carbocycles. The van der Waals surface area contributed by atoms with E-state index in [1.165, 1.54) is 12.1 Å². The zero-order chi connectivity index (χ0) is 18.9. The Morgan fingerprint density at radius 1 is 1.31 bits per heavy atom. The van der Waals surface area contributed by atoms with Gasteiger partial charge in [-0.05, 0) is 17.7 Å². The van der Waals surface area contributed by atoms with Gasteiger partial charge in [-0.1, -0.05) is 12.1 Å². The van der Waals surface area contributed by atoms with E-state index in [4.69, 9.17) is 10.5 Å². The molecule has 0 aliphatic carbocycles. The Hall–Kier alpha value is -2.95. The molecule has 0 spiro atoms. The molecule has 1 unspecified atom stereocenters. The fourth-order valence-corrected chi connectivity index (χ4v) is 2.59. The first-order valence-corrected chi connectivity index (χ1v) is 7.56. The van der Waals surface area contributed by atoms with E-state index in [2.05, 4.69) is 9.97 Å². The van der Waals surface area contributed by atoms with Crippen molar-refractivity contribution in [2.24, 2.45) is 0 Å². The van der Waals surface area contributed by atoms with E-state index in [1.807, 2.05) is 0 Å². The summed E-state index contributed by atoms with van der Waals surface area (Å²) in [4.78, 5) is 19.7. The Morgan fingerprint density at radius 2 is 2.00 bits per heavy atom. The number of nitrogens with two attached hydrogens (primary N) is 1. The van der Waals surface area contributed by atoms with Gasteiger partial charge in [0, 0.05) is 6.54 Å². The Labute approximate surface area is 145 Å². The molecule has 26 heavy (non-hydrogen) atoms. The third-order valence-corrected chi connectivity index (χ3v) is 3.94. The fraction of sp³-hybridized carbons (Fsp3) is 0.333. The van der Waals surface area contributed by atoms with Gasteiger partial charge < -0.3 is 15.4 Å². The maximum absolute atomic E-state index is 12.7. The summed E-state index contributed by atoms with van der Waals surface area (Å²) in [6.07, 6.45) is -3.85. The summed E-state index contributed by atoms with van der Waals surface area (Å²) in [5.74, 6) is -0.0501. The normalized spacial score (nSPS) is 18.0. The second kappa shape index (κ2) is 6.75. The van der Waals surface area contributed by atoms with Gasteiger partial charge in [0.05, 0.1) is 23.6 Å². The van der Waals surface area contributed by atoms with Crippen molar-refractivity contribution in [2.45, 2.75) is 12.3 Å². The van der Waals surface area contributed by atoms with E-state index in [0.29, 0.717) is 18.7 Å². The van der Waals surface area contributed by atoms with Crippen LogP contribution in [0.5, 0.6) is 0 Å². The number of hydrogen-bond donors (Lipinski definition) is 1. The third-order valence-electron chi connectivity index (χ3n) is 3.94. The minimum Gasteiger partial charge on any atom is -0.378 e. The predicted octanol–water partition coefficient (Wildman–Crippen LogP) is 2.56. The average Bonchev–Trinajstić information content (AvgIpc) is 2.61. The van der Waals surface area contributed by atoms with Gasteiger partial charge in [-0.2, -0.15) is 18.2 Å². The van der Waals surface area contributed by atoms with Crippen molar-refractivity contribution in [1.82, 2.24) is 9.97 Å². The molecule has 1 aliphatic heterocycles. The van der Waals surface area contributed by atoms with Gasteiger partial charge in [-0.25, -0.2) is 4.98 Å². The second-order valence-corrected chi connectivity index (χ2v) is 5.62. The van der Waals surface area contributed by atoms with E-state index < -0.39 is 22.8 Å². The van der Waals surface area contributed by atoms with Gasteiger partial charge in [0.2, 0.25) is 11.8 Å². The summed E-state index contributed by atoms with van der Waals surface area (Å²) >= 11 is 0. The number of alkyl halides is 3. The van der Waals surface area contributed by atoms with Crippen LogP contribution in [-0.2, 0) is 10.9 Å². The second-order valence-electron chi connectivity index (χ2n) is 5.62. The largest absolute Gasteiger partial charge is 0.416 e. The molecule has 1 atom stereocenters. The van der Waals surface area contributed by atoms with Crippen LogP contribution in [0, 0.1) is 10.1 Å². The Bertz CT molecular complexity index is 813. The number of benzene rings is 1. The van der Waals surface area contributed by atoms with E-state index in [9.17, 15) is 23.3 Å². The van der Waals surface area contributed by atoms with Crippen LogP contribution in [0.2, 0.25) is 0 Å². The lowest BCUT2D eigenvalue weighted by atomic mass is 10.1. The molecule has 0 saturated carbocycles. The maximum Gasteiger partial charge on any atom is 0.416 e. The summed E-state index contributed by atoms with van der Waals surface area (Å²) in [6.45, 7) is 1.00. The first kappa shape index (κ1) is 17.9. The number of aromatic nitrogens is 2. The molecule has 2 aromatic rings. The molecule has 8 nitrogen and oxygen atoms in total. The number of ether oxygens (including phenoxy) is 1. The molecule has 1 fully saturated rings. The van der Waals surface area contributed by atoms with Gasteiger partial charge >= 0.3 is 11.9 Å². The molecule has 11 heteroatoms. The Kier molecular flexibility index (Phi) is 4.64. The van der Waals surface area contributed by atoms with E-state index in [1.54, 1.807) is 4.90 Å². The van der Waals surface area contributed by atoms with Crippen LogP contribution < -0.4 is 10.6 Å². The fourth-order valence-electron chi connectivity index (χ4n) is 2.59. The van der Waals surface area contributed by atoms with Crippen LogP contribution in [0.25, 0.3) is 0 Å². The summed E-state index contributed by atoms with van der Waals surface area (Å²) in [7, 11) is 0. The average molecular weight is 369 g/mol. The highest BCUT2D eigenvalue weighted by Gasteiger charge is 2.31. The third kappa shape index (κ3) is 3.67. The monoisotopic (exact) mass is 369 g/mol. The number of nitrogen functional groups attached to an aromatic ring is 1. The molecule has 1 aliphatic rings. The highest BCUT2D eigenvalue weighted by molar-refractivity contribution is 5.54. The van der Waals surface area contributed by atoms with E-state index in [-0.39, 0.29) is 24.0 Å². The highest BCUT2D eigenvalue weighted by atomic mass is 19.4. The van der Waals surface area contributed by atoms with Crippen molar-refractivity contribution in [1.29, 1.82) is 0 Å². The van der Waals surface area contributed by atoms with E-state index in [0.717, 1.165) is 18.3 Å². The van der Waals surface area contributed by atoms with E-state index >= 15 is 0 Å². The zero-order valence-electron chi connectivity index (χ0n) is 13.3. The van der Waals surface area contributed by atoms with Crippen LogP contribution in [-0.4, -0.2) is 34.6 Å². The number of nitrogens with zero attached hydrogens (tertiary/aromatic N) is 4. The lowest BCUT2D eigenvalue weighted by molar-refractivity contribution is -0.384. The van der Waals surface area contributed by atoms with Crippen molar-refractivity contribution in [2.75, 3.05) is 30.3 Å². The summed E-state index contributed by atoms with van der Waals surface area (Å²) < 4.78 is 43.6. The number of nitro groups is 1. The number of anilines is 2. The van der Waals surface area contributed by atoms with Gasteiger partial charge in [0.1, 0.15) is 12.3 Å². The molecule has 0 amide bonds. The molecule has 2 N–H and O–H groups in total. The van der Waals surface area contributed by atoms with Gasteiger partial charge in [-0.15, -0.1) is 0 Å². The molecule has 1 aromatic heterocycles. The summed E-state index contributed by atoms with van der Waals surface area (Å²) in [5.41, 5.74) is 5.03. The van der Waals surface area contributed by atoms with Crippen molar-refractivity contribution < 1.29 is 22.8 Å². The van der Waals surface area contributed by atoms with Crippen LogP contribution >= 0.6 is 0 Å². The molecule has 138 valence electrons. The minimum absolute atomic E-state index is 0.202. The van der Waals surface area contributed by atoms with Crippen LogP contribution in [0.15, 0.2) is 30.5 Å². The van der Waals surface area contributed by atoms with Crippen LogP contribution in [0.4, 0.5) is 30.6 Å². The smallest absolute Gasteiger partial charge is 0.378 e. The van der Waals surface area contributed by atoms with Crippen molar-refractivity contribution >= 4 is 17.5 Å². The Balaban J connectivity index is 1.77. The van der Waals surface area contributed by atoms with Gasteiger partial charge in [0.15, 0.2) is 0 Å². The quantitative estimate of drug-likeness (QED) is 0.654. The highest BCUT2D eigenvalue weighted by Crippen LogP contribution is 2.31. The maximum atomic E-state index is 12.7. The first-order chi connectivity index (χ1) is 12.3. The number of rotatable bonds is 3. The molecular formula is C15H14F3N5O3. The first-order valence-electron chi connectivity index (χ1n) is 7.56. The molecule has 0 bridgehead atoms. The number of hydrogen-bond acceptors (Lipinski definition) is 7. The molecule has 1 saturated heterocycles. The summed E-state index contributed by atoms with van der Waals surface area (Å²) in [6, 6.07) is 4.72. The molecule has 3 rings (SSSR count). The van der Waals surface area contributed by atoms with Crippen LogP contribution in [0.1, 0.15) is 17.2 Å². The minimum atomic E-state index is -4.40. The molecular weight excluding hydrogens is 355 g/mol.